The fraction of sp³-hybridized carbons (Fsp3) is 0.333. The van der Waals surface area contributed by atoms with E-state index in [9.17, 15) is 4.79 Å². The highest BCUT2D eigenvalue weighted by Crippen LogP contribution is 2.10. The third-order valence-corrected chi connectivity index (χ3v) is 2.81. The van der Waals surface area contributed by atoms with Gasteiger partial charge in [0.05, 0.1) is 13.7 Å². The number of para-hydroxylation sites is 1. The third kappa shape index (κ3) is 6.47. The van der Waals surface area contributed by atoms with Crippen LogP contribution >= 0.6 is 0 Å². The maximum Gasteiger partial charge on any atom is 0.411 e. The van der Waals surface area contributed by atoms with Gasteiger partial charge < -0.3 is 24.8 Å². The quantitative estimate of drug-likeness (QED) is 0.458. The first-order chi connectivity index (χ1) is 12.2. The normalized spacial score (nSPS) is 10.0. The number of nitrogens with one attached hydrogen (secondary N) is 3. The van der Waals surface area contributed by atoms with Crippen LogP contribution in [0.1, 0.15) is 0 Å². The van der Waals surface area contributed by atoms with E-state index in [0.717, 1.165) is 0 Å². The van der Waals surface area contributed by atoms with Gasteiger partial charge in [-0.3, -0.25) is 5.32 Å². The molecular weight excluding hydrogens is 328 g/mol. The Morgan fingerprint density at radius 2 is 1.76 bits per heavy atom. The number of amides is 1. The van der Waals surface area contributed by atoms with Gasteiger partial charge in [0.2, 0.25) is 11.9 Å². The average Bonchev–Trinajstić information content (AvgIpc) is 2.64. The van der Waals surface area contributed by atoms with Gasteiger partial charge >= 0.3 is 12.1 Å². The molecule has 1 aromatic heterocycles. The van der Waals surface area contributed by atoms with Crippen molar-refractivity contribution in [2.24, 2.45) is 0 Å². The summed E-state index contributed by atoms with van der Waals surface area (Å²) in [4.78, 5) is 23.9. The van der Waals surface area contributed by atoms with Crippen LogP contribution in [0.4, 0.5) is 22.4 Å². The van der Waals surface area contributed by atoms with Crippen LogP contribution < -0.4 is 20.7 Å². The van der Waals surface area contributed by atoms with Crippen LogP contribution in [-0.2, 0) is 9.47 Å². The Labute approximate surface area is 144 Å². The van der Waals surface area contributed by atoms with Gasteiger partial charge in [-0.1, -0.05) is 18.2 Å². The SMILES string of the molecule is COCNc1nc(NCCOC(=O)Nc2ccccc2)nc(OC)n1. The Morgan fingerprint density at radius 1 is 1.04 bits per heavy atom. The molecule has 3 N–H and O–H groups in total. The summed E-state index contributed by atoms with van der Waals surface area (Å²) >= 11 is 0. The number of carbonyl (C=O) groups excluding carboxylic acids is 1. The molecule has 1 amide bonds. The minimum Gasteiger partial charge on any atom is -0.467 e. The number of aromatic nitrogens is 3. The molecule has 2 aromatic rings. The fourth-order valence-corrected chi connectivity index (χ4v) is 1.72. The summed E-state index contributed by atoms with van der Waals surface area (Å²) in [5, 5.41) is 8.39. The Bertz CT molecular complexity index is 670. The molecule has 0 fully saturated rings. The summed E-state index contributed by atoms with van der Waals surface area (Å²) in [6.45, 7) is 0.696. The molecule has 1 aromatic carbocycles. The fourth-order valence-electron chi connectivity index (χ4n) is 1.72. The van der Waals surface area contributed by atoms with E-state index in [4.69, 9.17) is 14.2 Å². The minimum atomic E-state index is -0.538. The Hall–Kier alpha value is -3.14. The molecule has 134 valence electrons. The average molecular weight is 348 g/mol. The monoisotopic (exact) mass is 348 g/mol. The van der Waals surface area contributed by atoms with Crippen molar-refractivity contribution in [1.82, 2.24) is 15.0 Å². The van der Waals surface area contributed by atoms with Gasteiger partial charge in [0, 0.05) is 12.8 Å². The first kappa shape index (κ1) is 18.2. The highest BCUT2D eigenvalue weighted by molar-refractivity contribution is 5.84. The number of hydrogen-bond acceptors (Lipinski definition) is 9. The molecule has 0 saturated carbocycles. The van der Waals surface area contributed by atoms with Crippen molar-refractivity contribution in [3.8, 4) is 6.01 Å². The number of carbonyl (C=O) groups is 1. The lowest BCUT2D eigenvalue weighted by Crippen LogP contribution is -2.19. The molecule has 0 radical (unpaired) electrons. The van der Waals surface area contributed by atoms with E-state index in [1.165, 1.54) is 7.11 Å². The van der Waals surface area contributed by atoms with Crippen molar-refractivity contribution in [2.75, 3.05) is 50.1 Å². The molecule has 0 bridgehead atoms. The second-order valence-electron chi connectivity index (χ2n) is 4.63. The first-order valence-electron chi connectivity index (χ1n) is 7.47. The molecule has 0 spiro atoms. The van der Waals surface area contributed by atoms with E-state index in [1.807, 2.05) is 18.2 Å². The number of nitrogens with zero attached hydrogens (tertiary/aromatic N) is 3. The number of anilines is 3. The van der Waals surface area contributed by atoms with Crippen molar-refractivity contribution in [1.29, 1.82) is 0 Å². The van der Waals surface area contributed by atoms with Gasteiger partial charge in [-0.2, -0.15) is 15.0 Å². The van der Waals surface area contributed by atoms with E-state index in [2.05, 4.69) is 30.9 Å². The van der Waals surface area contributed by atoms with Gasteiger partial charge in [0.25, 0.3) is 0 Å². The summed E-state index contributed by atoms with van der Waals surface area (Å²) in [6, 6.07) is 9.19. The number of ether oxygens (including phenoxy) is 3. The van der Waals surface area contributed by atoms with E-state index in [-0.39, 0.29) is 25.3 Å². The number of benzene rings is 1. The largest absolute Gasteiger partial charge is 0.467 e. The molecule has 10 heteroatoms. The van der Waals surface area contributed by atoms with Crippen molar-refractivity contribution in [3.05, 3.63) is 30.3 Å². The summed E-state index contributed by atoms with van der Waals surface area (Å²) < 4.78 is 15.0. The van der Waals surface area contributed by atoms with Gasteiger partial charge in [-0.25, -0.2) is 4.79 Å². The molecular formula is C15H20N6O4. The highest BCUT2D eigenvalue weighted by Gasteiger charge is 2.07. The van der Waals surface area contributed by atoms with E-state index in [1.54, 1.807) is 19.2 Å². The van der Waals surface area contributed by atoms with Crippen LogP contribution in [0.2, 0.25) is 0 Å². The highest BCUT2D eigenvalue weighted by atomic mass is 16.5. The zero-order valence-corrected chi connectivity index (χ0v) is 14.0. The lowest BCUT2D eigenvalue weighted by molar-refractivity contribution is 0.166. The second-order valence-corrected chi connectivity index (χ2v) is 4.63. The van der Waals surface area contributed by atoms with Crippen LogP contribution in [0.5, 0.6) is 6.01 Å². The predicted molar refractivity (Wildman–Crippen MR) is 91.8 cm³/mol. The van der Waals surface area contributed by atoms with E-state index < -0.39 is 6.09 Å². The van der Waals surface area contributed by atoms with Gasteiger partial charge in [-0.15, -0.1) is 0 Å². The predicted octanol–water partition coefficient (Wildman–Crippen LogP) is 1.56. The standard InChI is InChI=1S/C15H20N6O4/c1-23-10-17-13-19-12(20-14(21-13)24-2)16-8-9-25-15(22)18-11-6-4-3-5-7-11/h3-7H,8-10H2,1-2H3,(H,18,22)(H2,16,17,19,20,21). The van der Waals surface area contributed by atoms with Crippen LogP contribution in [0.25, 0.3) is 0 Å². The number of hydrogen-bond donors (Lipinski definition) is 3. The summed E-state index contributed by atoms with van der Waals surface area (Å²) in [6.07, 6.45) is -0.538. The van der Waals surface area contributed by atoms with Crippen molar-refractivity contribution in [3.63, 3.8) is 0 Å². The van der Waals surface area contributed by atoms with Crippen molar-refractivity contribution < 1.29 is 19.0 Å². The topological polar surface area (TPSA) is 120 Å². The molecule has 0 aliphatic heterocycles. The van der Waals surface area contributed by atoms with Crippen LogP contribution in [0, 0.1) is 0 Å². The molecule has 1 heterocycles. The minimum absolute atomic E-state index is 0.132. The molecule has 0 aliphatic rings. The lowest BCUT2D eigenvalue weighted by Gasteiger charge is -2.10. The Balaban J connectivity index is 1.77. The summed E-state index contributed by atoms with van der Waals surface area (Å²) in [5.74, 6) is 0.594. The molecule has 10 nitrogen and oxygen atoms in total. The van der Waals surface area contributed by atoms with Gasteiger partial charge in [0.15, 0.2) is 0 Å². The van der Waals surface area contributed by atoms with Crippen molar-refractivity contribution >= 4 is 23.7 Å². The van der Waals surface area contributed by atoms with Crippen LogP contribution in [0.15, 0.2) is 30.3 Å². The smallest absolute Gasteiger partial charge is 0.411 e. The summed E-state index contributed by atoms with van der Waals surface area (Å²) in [5.41, 5.74) is 0.663. The van der Waals surface area contributed by atoms with E-state index in [0.29, 0.717) is 18.2 Å². The molecule has 0 atom stereocenters. The molecule has 0 aliphatic carbocycles. The van der Waals surface area contributed by atoms with E-state index >= 15 is 0 Å². The number of methoxy groups -OCH3 is 2. The number of rotatable bonds is 9. The zero-order chi connectivity index (χ0) is 17.9. The maximum atomic E-state index is 11.7. The molecule has 0 saturated heterocycles. The Morgan fingerprint density at radius 3 is 2.44 bits per heavy atom. The van der Waals surface area contributed by atoms with Crippen LogP contribution in [0.3, 0.4) is 0 Å². The second kappa shape index (κ2) is 9.88. The molecule has 2 rings (SSSR count). The third-order valence-electron chi connectivity index (χ3n) is 2.81. The van der Waals surface area contributed by atoms with Crippen molar-refractivity contribution in [2.45, 2.75) is 0 Å². The Kier molecular flexibility index (Phi) is 7.19. The lowest BCUT2D eigenvalue weighted by atomic mass is 10.3. The first-order valence-corrected chi connectivity index (χ1v) is 7.47. The molecule has 25 heavy (non-hydrogen) atoms. The molecule has 0 unspecified atom stereocenters. The summed E-state index contributed by atoms with van der Waals surface area (Å²) in [7, 11) is 3.00. The van der Waals surface area contributed by atoms with Gasteiger partial charge in [0.1, 0.15) is 13.3 Å². The zero-order valence-electron chi connectivity index (χ0n) is 14.0. The maximum absolute atomic E-state index is 11.7. The van der Waals surface area contributed by atoms with Crippen LogP contribution in [-0.4, -0.2) is 55.1 Å². The van der Waals surface area contributed by atoms with Gasteiger partial charge in [-0.05, 0) is 12.1 Å².